The van der Waals surface area contributed by atoms with Gasteiger partial charge in [0.1, 0.15) is 0 Å². The molecule has 0 unspecified atom stereocenters. The number of ether oxygens (including phenoxy) is 2. The van der Waals surface area contributed by atoms with Crippen LogP contribution in [0.3, 0.4) is 0 Å². The van der Waals surface area contributed by atoms with E-state index < -0.39 is 0 Å². The zero-order chi connectivity index (χ0) is 22.4. The molecule has 0 aromatic carbocycles. The molecule has 33 heavy (non-hydrogen) atoms. The van der Waals surface area contributed by atoms with Crippen LogP contribution >= 0.6 is 24.0 Å². The topological polar surface area (TPSA) is 104 Å². The number of amides is 1. The molecule has 0 spiro atoms. The van der Waals surface area contributed by atoms with E-state index in [0.717, 1.165) is 71.3 Å². The number of carbonyl (C=O) groups excluding carboxylic acids is 1. The number of hydrogen-bond donors (Lipinski definition) is 2. The summed E-state index contributed by atoms with van der Waals surface area (Å²) in [6, 6.07) is 1.81. The van der Waals surface area contributed by atoms with Crippen LogP contribution in [0.15, 0.2) is 23.5 Å². The molecule has 0 aliphatic carbocycles. The van der Waals surface area contributed by atoms with Crippen LogP contribution in [0.5, 0.6) is 0 Å². The van der Waals surface area contributed by atoms with E-state index in [4.69, 9.17) is 9.47 Å². The fourth-order valence-electron chi connectivity index (χ4n) is 3.82. The first-order valence-corrected chi connectivity index (χ1v) is 11.7. The van der Waals surface area contributed by atoms with Gasteiger partial charge in [-0.15, -0.1) is 24.0 Å². The summed E-state index contributed by atoms with van der Waals surface area (Å²) >= 11 is 0. The molecule has 2 aliphatic heterocycles. The molecule has 1 amide bonds. The highest BCUT2D eigenvalue weighted by molar-refractivity contribution is 14.0. The molecule has 2 fully saturated rings. The monoisotopic (exact) mass is 575 g/mol. The minimum absolute atomic E-state index is 0. The van der Waals surface area contributed by atoms with Crippen molar-refractivity contribution in [1.82, 2.24) is 25.5 Å². The van der Waals surface area contributed by atoms with Crippen molar-refractivity contribution in [2.45, 2.75) is 25.7 Å². The van der Waals surface area contributed by atoms with Crippen molar-refractivity contribution >= 4 is 41.8 Å². The summed E-state index contributed by atoms with van der Waals surface area (Å²) in [5, 5.41) is 6.50. The smallest absolute Gasteiger partial charge is 0.225 e. The number of aromatic nitrogens is 2. The van der Waals surface area contributed by atoms with Gasteiger partial charge in [0, 0.05) is 91.6 Å². The van der Waals surface area contributed by atoms with Crippen LogP contribution < -0.4 is 15.5 Å². The number of guanidine groups is 1. The van der Waals surface area contributed by atoms with E-state index in [-0.39, 0.29) is 29.9 Å². The van der Waals surface area contributed by atoms with Crippen LogP contribution in [0.2, 0.25) is 0 Å². The first-order chi connectivity index (χ1) is 15.8. The van der Waals surface area contributed by atoms with Gasteiger partial charge in [-0.2, -0.15) is 0 Å². The van der Waals surface area contributed by atoms with Crippen molar-refractivity contribution < 1.29 is 14.3 Å². The molecule has 2 N–H and O–H groups in total. The Hall–Kier alpha value is -1.73. The van der Waals surface area contributed by atoms with Gasteiger partial charge >= 0.3 is 0 Å². The third-order valence-corrected chi connectivity index (χ3v) is 5.77. The highest BCUT2D eigenvalue weighted by Gasteiger charge is 2.22. The quantitative estimate of drug-likeness (QED) is 0.185. The lowest BCUT2D eigenvalue weighted by Gasteiger charge is -2.34. The molecule has 1 aromatic heterocycles. The average molecular weight is 575 g/mol. The Morgan fingerprint density at radius 2 is 1.85 bits per heavy atom. The lowest BCUT2D eigenvalue weighted by atomic mass is 10.0. The summed E-state index contributed by atoms with van der Waals surface area (Å²) in [4.78, 5) is 29.3. The molecular weight excluding hydrogens is 537 g/mol. The van der Waals surface area contributed by atoms with Gasteiger partial charge in [-0.05, 0) is 31.2 Å². The molecule has 11 heteroatoms. The number of nitrogens with one attached hydrogen (secondary N) is 2. The van der Waals surface area contributed by atoms with Gasteiger partial charge in [0.15, 0.2) is 5.96 Å². The van der Waals surface area contributed by atoms with Crippen molar-refractivity contribution in [2.24, 2.45) is 10.9 Å². The normalized spacial score (nSPS) is 17.4. The molecule has 0 atom stereocenters. The van der Waals surface area contributed by atoms with Crippen LogP contribution in [0.25, 0.3) is 0 Å². The van der Waals surface area contributed by atoms with Crippen molar-refractivity contribution in [1.29, 1.82) is 0 Å². The molecule has 0 radical (unpaired) electrons. The van der Waals surface area contributed by atoms with Crippen LogP contribution in [0.1, 0.15) is 25.7 Å². The maximum absolute atomic E-state index is 12.5. The number of rotatable bonds is 10. The zero-order valence-electron chi connectivity index (χ0n) is 19.6. The highest BCUT2D eigenvalue weighted by atomic mass is 127. The number of hydrogen-bond acceptors (Lipinski definition) is 7. The number of halogens is 1. The molecule has 10 nitrogen and oxygen atoms in total. The highest BCUT2D eigenvalue weighted by Crippen LogP contribution is 2.14. The predicted molar refractivity (Wildman–Crippen MR) is 139 cm³/mol. The summed E-state index contributed by atoms with van der Waals surface area (Å²) < 4.78 is 11.2. The first-order valence-electron chi connectivity index (χ1n) is 11.7. The third kappa shape index (κ3) is 9.97. The van der Waals surface area contributed by atoms with E-state index in [0.29, 0.717) is 37.9 Å². The predicted octanol–water partition coefficient (Wildman–Crippen LogP) is 1.13. The average Bonchev–Trinajstić information content (AvgIpc) is 2.86. The van der Waals surface area contributed by atoms with Crippen LogP contribution in [-0.4, -0.2) is 99.5 Å². The molecule has 2 saturated heterocycles. The van der Waals surface area contributed by atoms with Crippen molar-refractivity contribution in [3.63, 3.8) is 0 Å². The summed E-state index contributed by atoms with van der Waals surface area (Å²) in [7, 11) is 1.74. The van der Waals surface area contributed by atoms with Gasteiger partial charge in [0.25, 0.3) is 0 Å². The molecule has 0 saturated carbocycles. The van der Waals surface area contributed by atoms with Crippen LogP contribution in [0, 0.1) is 5.92 Å². The summed E-state index contributed by atoms with van der Waals surface area (Å²) in [5.41, 5.74) is 0. The van der Waals surface area contributed by atoms with E-state index in [9.17, 15) is 4.79 Å². The van der Waals surface area contributed by atoms with Crippen LogP contribution in [0.4, 0.5) is 5.95 Å². The molecular formula is C22H38IN7O3. The zero-order valence-corrected chi connectivity index (χ0v) is 21.9. The number of aliphatic imine (C=N–C) groups is 1. The van der Waals surface area contributed by atoms with Crippen LogP contribution in [-0.2, 0) is 14.3 Å². The Morgan fingerprint density at radius 1 is 1.15 bits per heavy atom. The van der Waals surface area contributed by atoms with Crippen molar-refractivity contribution in [3.8, 4) is 0 Å². The number of nitrogens with zero attached hydrogens (tertiary/aromatic N) is 5. The SMILES string of the molecule is CN=C(NCCCOCC1CCOCC1)NCCC(=O)N1CCN(c2ncccn2)CC1.I. The van der Waals surface area contributed by atoms with Crippen molar-refractivity contribution in [3.05, 3.63) is 18.5 Å². The van der Waals surface area contributed by atoms with E-state index >= 15 is 0 Å². The lowest BCUT2D eigenvalue weighted by molar-refractivity contribution is -0.131. The number of anilines is 1. The second kappa shape index (κ2) is 16.0. The van der Waals surface area contributed by atoms with Gasteiger partial charge in [-0.25, -0.2) is 9.97 Å². The first kappa shape index (κ1) is 27.5. The maximum atomic E-state index is 12.5. The fraction of sp³-hybridized carbons (Fsp3) is 0.727. The minimum Gasteiger partial charge on any atom is -0.381 e. The molecule has 2 aliphatic rings. The van der Waals surface area contributed by atoms with E-state index in [2.05, 4.69) is 30.5 Å². The number of piperazine rings is 1. The molecule has 3 heterocycles. The fourth-order valence-corrected chi connectivity index (χ4v) is 3.82. The molecule has 1 aromatic rings. The van der Waals surface area contributed by atoms with Gasteiger partial charge in [0.2, 0.25) is 11.9 Å². The van der Waals surface area contributed by atoms with Gasteiger partial charge in [-0.1, -0.05) is 0 Å². The Morgan fingerprint density at radius 3 is 2.55 bits per heavy atom. The van der Waals surface area contributed by atoms with Gasteiger partial charge in [0.05, 0.1) is 0 Å². The number of carbonyl (C=O) groups is 1. The summed E-state index contributed by atoms with van der Waals surface area (Å²) in [5.74, 6) is 2.24. The summed E-state index contributed by atoms with van der Waals surface area (Å²) in [6.07, 6.45) is 7.05. The Kier molecular flexibility index (Phi) is 13.3. The second-order valence-electron chi connectivity index (χ2n) is 8.08. The Bertz CT molecular complexity index is 696. The lowest BCUT2D eigenvalue weighted by Crippen LogP contribution is -2.50. The molecule has 0 bridgehead atoms. The van der Waals surface area contributed by atoms with Gasteiger partial charge < -0.3 is 29.9 Å². The third-order valence-electron chi connectivity index (χ3n) is 5.77. The molecule has 3 rings (SSSR count). The molecule has 186 valence electrons. The van der Waals surface area contributed by atoms with Gasteiger partial charge in [-0.3, -0.25) is 9.79 Å². The standard InChI is InChI=1S/C22H37N7O3.HI/c1-23-21(24-9-3-15-32-18-19-5-16-31-17-6-19)25-10-4-20(30)28-11-13-29(14-12-28)22-26-7-2-8-27-22;/h2,7-8,19H,3-6,9-18H2,1H3,(H2,23,24,25);1H. The maximum Gasteiger partial charge on any atom is 0.225 e. The van der Waals surface area contributed by atoms with E-state index in [1.807, 2.05) is 4.90 Å². The Labute approximate surface area is 213 Å². The largest absolute Gasteiger partial charge is 0.381 e. The van der Waals surface area contributed by atoms with E-state index in [1.54, 1.807) is 25.5 Å². The Balaban J connectivity index is 0.00000385. The summed E-state index contributed by atoms with van der Waals surface area (Å²) in [6.45, 7) is 7.51. The van der Waals surface area contributed by atoms with Crippen molar-refractivity contribution in [2.75, 3.05) is 77.6 Å². The van der Waals surface area contributed by atoms with E-state index in [1.165, 1.54) is 0 Å². The minimum atomic E-state index is 0. The second-order valence-corrected chi connectivity index (χ2v) is 8.08.